The number of aliphatic hydroxyl groups is 1. The van der Waals surface area contributed by atoms with Crippen molar-refractivity contribution in [2.24, 2.45) is 0 Å². The van der Waals surface area contributed by atoms with Crippen molar-refractivity contribution in [1.82, 2.24) is 5.32 Å². The number of nitrogens with one attached hydrogen (secondary N) is 1. The maximum Gasteiger partial charge on any atom is 0.129 e. The van der Waals surface area contributed by atoms with Crippen molar-refractivity contribution in [1.29, 1.82) is 0 Å². The highest BCUT2D eigenvalue weighted by Crippen LogP contribution is 2.17. The van der Waals surface area contributed by atoms with E-state index < -0.39 is 17.7 Å². The highest BCUT2D eigenvalue weighted by atomic mass is 19.1. The van der Waals surface area contributed by atoms with Gasteiger partial charge in [0.05, 0.1) is 12.7 Å². The summed E-state index contributed by atoms with van der Waals surface area (Å²) in [5.74, 6) is -1.17. The first-order valence-corrected chi connectivity index (χ1v) is 5.56. The van der Waals surface area contributed by atoms with E-state index in [0.29, 0.717) is 19.8 Å². The molecule has 0 bridgehead atoms. The summed E-state index contributed by atoms with van der Waals surface area (Å²) in [7, 11) is 0. The highest BCUT2D eigenvalue weighted by Gasteiger charge is 2.13. The zero-order chi connectivity index (χ0) is 12.7. The van der Waals surface area contributed by atoms with Crippen molar-refractivity contribution in [3.05, 3.63) is 35.4 Å². The fourth-order valence-corrected chi connectivity index (χ4v) is 1.41. The second-order valence-electron chi connectivity index (χ2n) is 3.58. The van der Waals surface area contributed by atoms with Gasteiger partial charge in [0.1, 0.15) is 11.6 Å². The summed E-state index contributed by atoms with van der Waals surface area (Å²) in [6.07, 6.45) is -1.06. The van der Waals surface area contributed by atoms with Crippen molar-refractivity contribution in [2.45, 2.75) is 13.0 Å². The van der Waals surface area contributed by atoms with Crippen molar-refractivity contribution >= 4 is 0 Å². The van der Waals surface area contributed by atoms with E-state index in [1.165, 1.54) is 0 Å². The number of benzene rings is 1. The van der Waals surface area contributed by atoms with Crippen LogP contribution in [0.1, 0.15) is 18.6 Å². The molecule has 1 unspecified atom stereocenters. The van der Waals surface area contributed by atoms with Gasteiger partial charge in [-0.3, -0.25) is 0 Å². The third-order valence-corrected chi connectivity index (χ3v) is 2.28. The van der Waals surface area contributed by atoms with Crippen LogP contribution in [0.2, 0.25) is 0 Å². The van der Waals surface area contributed by atoms with Crippen molar-refractivity contribution in [3.63, 3.8) is 0 Å². The third kappa shape index (κ3) is 4.77. The summed E-state index contributed by atoms with van der Waals surface area (Å²) in [6.45, 7) is 3.75. The highest BCUT2D eigenvalue weighted by molar-refractivity contribution is 5.21. The van der Waals surface area contributed by atoms with E-state index in [-0.39, 0.29) is 12.1 Å². The lowest BCUT2D eigenvalue weighted by Crippen LogP contribution is -2.25. The van der Waals surface area contributed by atoms with Crippen LogP contribution < -0.4 is 5.32 Å². The molecule has 1 atom stereocenters. The smallest absolute Gasteiger partial charge is 0.129 e. The molecule has 0 radical (unpaired) electrons. The molecule has 0 aliphatic rings. The van der Waals surface area contributed by atoms with E-state index in [4.69, 9.17) is 4.74 Å². The van der Waals surface area contributed by atoms with E-state index in [1.54, 1.807) is 0 Å². The van der Waals surface area contributed by atoms with Crippen LogP contribution in [-0.2, 0) is 4.74 Å². The number of ether oxygens (including phenoxy) is 1. The van der Waals surface area contributed by atoms with Crippen LogP contribution in [0.5, 0.6) is 0 Å². The Hall–Kier alpha value is -1.04. The summed E-state index contributed by atoms with van der Waals surface area (Å²) in [5.41, 5.74) is -0.0334. The lowest BCUT2D eigenvalue weighted by Gasteiger charge is -2.13. The predicted octanol–water partition coefficient (Wildman–Crippen LogP) is 1.62. The van der Waals surface area contributed by atoms with Gasteiger partial charge < -0.3 is 15.2 Å². The Morgan fingerprint density at radius 3 is 2.88 bits per heavy atom. The normalized spacial score (nSPS) is 12.7. The zero-order valence-corrected chi connectivity index (χ0v) is 9.75. The van der Waals surface area contributed by atoms with Crippen molar-refractivity contribution in [3.8, 4) is 0 Å². The summed E-state index contributed by atoms with van der Waals surface area (Å²) in [4.78, 5) is 0. The van der Waals surface area contributed by atoms with Gasteiger partial charge in [-0.2, -0.15) is 0 Å². The topological polar surface area (TPSA) is 41.5 Å². The standard InChI is InChI=1S/C12H17F2NO2/c1-2-17-6-5-15-8-12(16)10-7-9(13)3-4-11(10)14/h3-4,7,12,15-16H,2,5-6,8H2,1H3. The molecule has 0 aliphatic carbocycles. The Bertz CT molecular complexity index is 347. The second kappa shape index (κ2) is 7.32. The summed E-state index contributed by atoms with van der Waals surface area (Å²) < 4.78 is 31.2. The minimum Gasteiger partial charge on any atom is -0.387 e. The molecule has 0 amide bonds. The minimum atomic E-state index is -1.06. The van der Waals surface area contributed by atoms with Crippen molar-refractivity contribution < 1.29 is 18.6 Å². The molecule has 96 valence electrons. The van der Waals surface area contributed by atoms with Gasteiger partial charge in [0.15, 0.2) is 0 Å². The Morgan fingerprint density at radius 2 is 2.18 bits per heavy atom. The van der Waals surface area contributed by atoms with Crippen LogP contribution in [-0.4, -0.2) is 31.4 Å². The van der Waals surface area contributed by atoms with E-state index >= 15 is 0 Å². The van der Waals surface area contributed by atoms with E-state index in [9.17, 15) is 13.9 Å². The fraction of sp³-hybridized carbons (Fsp3) is 0.500. The average Bonchev–Trinajstić information content (AvgIpc) is 2.32. The van der Waals surface area contributed by atoms with Gasteiger partial charge in [-0.1, -0.05) is 0 Å². The molecule has 3 nitrogen and oxygen atoms in total. The Balaban J connectivity index is 2.41. The van der Waals surface area contributed by atoms with E-state index in [1.807, 2.05) is 6.92 Å². The Kier molecular flexibility index (Phi) is 6.04. The first kappa shape index (κ1) is 14.0. The summed E-state index contributed by atoms with van der Waals surface area (Å²) >= 11 is 0. The number of aliphatic hydroxyl groups excluding tert-OH is 1. The molecule has 2 N–H and O–H groups in total. The summed E-state index contributed by atoms with van der Waals surface area (Å²) in [5, 5.41) is 12.6. The largest absolute Gasteiger partial charge is 0.387 e. The molecule has 1 rings (SSSR count). The molecular formula is C12H17F2NO2. The SMILES string of the molecule is CCOCCNCC(O)c1cc(F)ccc1F. The van der Waals surface area contributed by atoms with Gasteiger partial charge in [-0.25, -0.2) is 8.78 Å². The van der Waals surface area contributed by atoms with E-state index in [0.717, 1.165) is 18.2 Å². The second-order valence-corrected chi connectivity index (χ2v) is 3.58. The maximum atomic E-state index is 13.3. The first-order valence-electron chi connectivity index (χ1n) is 5.56. The van der Waals surface area contributed by atoms with Crippen LogP contribution in [0, 0.1) is 11.6 Å². The van der Waals surface area contributed by atoms with Crippen molar-refractivity contribution in [2.75, 3.05) is 26.3 Å². The van der Waals surface area contributed by atoms with Crippen LogP contribution in [0.25, 0.3) is 0 Å². The van der Waals surface area contributed by atoms with Gasteiger partial charge >= 0.3 is 0 Å². The van der Waals surface area contributed by atoms with Gasteiger partial charge in [-0.15, -0.1) is 0 Å². The first-order chi connectivity index (χ1) is 8.15. The molecule has 0 aromatic heterocycles. The Morgan fingerprint density at radius 1 is 1.41 bits per heavy atom. The number of hydrogen-bond donors (Lipinski definition) is 2. The molecule has 0 spiro atoms. The van der Waals surface area contributed by atoms with Gasteiger partial charge in [0.25, 0.3) is 0 Å². The van der Waals surface area contributed by atoms with Gasteiger partial charge in [0, 0.05) is 25.3 Å². The molecular weight excluding hydrogens is 228 g/mol. The lowest BCUT2D eigenvalue weighted by molar-refractivity contribution is 0.136. The quantitative estimate of drug-likeness (QED) is 0.717. The molecule has 0 heterocycles. The molecule has 17 heavy (non-hydrogen) atoms. The summed E-state index contributed by atoms with van der Waals surface area (Å²) in [6, 6.07) is 3.03. The number of hydrogen-bond acceptors (Lipinski definition) is 3. The third-order valence-electron chi connectivity index (χ3n) is 2.28. The molecule has 1 aromatic rings. The zero-order valence-electron chi connectivity index (χ0n) is 9.75. The maximum absolute atomic E-state index is 13.3. The molecule has 5 heteroatoms. The van der Waals surface area contributed by atoms with E-state index in [2.05, 4.69) is 5.32 Å². The van der Waals surface area contributed by atoms with Crippen LogP contribution in [0.3, 0.4) is 0 Å². The Labute approximate surface area is 99.4 Å². The minimum absolute atomic E-state index is 0.0334. The molecule has 0 saturated carbocycles. The monoisotopic (exact) mass is 245 g/mol. The number of rotatable bonds is 7. The molecule has 0 aliphatic heterocycles. The van der Waals surface area contributed by atoms with Gasteiger partial charge in [-0.05, 0) is 25.1 Å². The van der Waals surface area contributed by atoms with Crippen LogP contribution >= 0.6 is 0 Å². The predicted molar refractivity (Wildman–Crippen MR) is 60.7 cm³/mol. The molecule has 0 saturated heterocycles. The molecule has 1 aromatic carbocycles. The molecule has 0 fully saturated rings. The average molecular weight is 245 g/mol. The van der Waals surface area contributed by atoms with Crippen LogP contribution in [0.4, 0.5) is 8.78 Å². The fourth-order valence-electron chi connectivity index (χ4n) is 1.41. The van der Waals surface area contributed by atoms with Crippen LogP contribution in [0.15, 0.2) is 18.2 Å². The number of halogens is 2. The lowest BCUT2D eigenvalue weighted by atomic mass is 10.1. The van der Waals surface area contributed by atoms with Gasteiger partial charge in [0.2, 0.25) is 0 Å².